The zero-order valence-electron chi connectivity index (χ0n) is 20.1. The maximum Gasteiger partial charge on any atom is 0.338 e. The third-order valence-electron chi connectivity index (χ3n) is 5.84. The Morgan fingerprint density at radius 1 is 1.24 bits per heavy atom. The molecule has 0 spiro atoms. The molecule has 12 nitrogen and oxygen atoms in total. The quantitative estimate of drug-likeness (QED) is 0.254. The van der Waals surface area contributed by atoms with Gasteiger partial charge in [0.05, 0.1) is 42.8 Å². The van der Waals surface area contributed by atoms with Crippen LogP contribution in [-0.4, -0.2) is 32.1 Å². The molecule has 0 saturated heterocycles. The van der Waals surface area contributed by atoms with Gasteiger partial charge in [0.1, 0.15) is 5.75 Å². The predicted molar refractivity (Wildman–Crippen MR) is 141 cm³/mol. The molecule has 0 fully saturated rings. The van der Waals surface area contributed by atoms with Gasteiger partial charge in [0.15, 0.2) is 4.80 Å². The number of carbonyl (C=O) groups is 1. The van der Waals surface area contributed by atoms with Crippen LogP contribution in [0, 0.1) is 27.2 Å². The van der Waals surface area contributed by atoms with Crippen molar-refractivity contribution < 1.29 is 24.5 Å². The van der Waals surface area contributed by atoms with E-state index >= 15 is 0 Å². The third-order valence-corrected chi connectivity index (χ3v) is 7.43. The highest BCUT2D eigenvalue weighted by molar-refractivity contribution is 9.10. The van der Waals surface area contributed by atoms with E-state index in [1.54, 1.807) is 26.8 Å². The first-order chi connectivity index (χ1) is 17.9. The molecule has 3 aromatic rings. The molecule has 1 aliphatic heterocycles. The Labute approximate surface area is 226 Å². The molecule has 0 saturated carbocycles. The largest absolute Gasteiger partial charge is 0.506 e. The third kappa shape index (κ3) is 4.75. The van der Waals surface area contributed by atoms with Crippen molar-refractivity contribution in [3.63, 3.8) is 0 Å². The van der Waals surface area contributed by atoms with Gasteiger partial charge in [-0.1, -0.05) is 23.5 Å². The van der Waals surface area contributed by atoms with E-state index in [1.807, 2.05) is 0 Å². The Bertz CT molecular complexity index is 1740. The maximum atomic E-state index is 13.7. The first kappa shape index (κ1) is 26.9. The number of benzene rings is 2. The van der Waals surface area contributed by atoms with Crippen molar-refractivity contribution in [1.29, 1.82) is 0 Å². The minimum Gasteiger partial charge on any atom is -0.506 e. The Morgan fingerprint density at radius 2 is 1.95 bits per heavy atom. The van der Waals surface area contributed by atoms with Crippen molar-refractivity contribution in [3.8, 4) is 5.75 Å². The van der Waals surface area contributed by atoms with E-state index in [-0.39, 0.29) is 54.4 Å². The SMILES string of the molecule is CCOC(=O)C1=C(C)N=c2s/c(=C/c3cc([N+](=O)[O-])cc(Br)c3O)c(=O)n2[C@@H]1c1ccc(C)c([N+](=O)[O-])c1. The van der Waals surface area contributed by atoms with Crippen LogP contribution in [0.25, 0.3) is 6.08 Å². The summed E-state index contributed by atoms with van der Waals surface area (Å²) in [7, 11) is 0. The number of fused-ring (bicyclic) bond motifs is 1. The molecule has 2 heterocycles. The second kappa shape index (κ2) is 10.3. The molecule has 196 valence electrons. The fourth-order valence-electron chi connectivity index (χ4n) is 4.06. The fourth-order valence-corrected chi connectivity index (χ4v) is 5.56. The average Bonchev–Trinajstić information content (AvgIpc) is 3.15. The zero-order chi connectivity index (χ0) is 27.9. The lowest BCUT2D eigenvalue weighted by Gasteiger charge is -2.24. The number of phenols is 1. The molecule has 0 aliphatic carbocycles. The van der Waals surface area contributed by atoms with Gasteiger partial charge in [-0.15, -0.1) is 0 Å². The van der Waals surface area contributed by atoms with Crippen molar-refractivity contribution in [1.82, 2.24) is 4.57 Å². The Balaban J connectivity index is 2.02. The molecule has 4 rings (SSSR count). The Morgan fingerprint density at radius 3 is 2.58 bits per heavy atom. The molecule has 1 N–H and O–H groups in total. The number of aromatic hydroxyl groups is 1. The smallest absolute Gasteiger partial charge is 0.338 e. The number of halogens is 1. The van der Waals surface area contributed by atoms with Crippen LogP contribution in [0.5, 0.6) is 5.75 Å². The number of allylic oxidation sites excluding steroid dienone is 1. The lowest BCUT2D eigenvalue weighted by Crippen LogP contribution is -2.40. The average molecular weight is 603 g/mol. The van der Waals surface area contributed by atoms with E-state index in [1.165, 1.54) is 22.8 Å². The lowest BCUT2D eigenvalue weighted by molar-refractivity contribution is -0.385. The van der Waals surface area contributed by atoms with E-state index in [4.69, 9.17) is 4.74 Å². The summed E-state index contributed by atoms with van der Waals surface area (Å²) in [6, 6.07) is 5.59. The Kier molecular flexibility index (Phi) is 7.29. The second-order valence-electron chi connectivity index (χ2n) is 8.23. The predicted octanol–water partition coefficient (Wildman–Crippen LogP) is 3.39. The minimum atomic E-state index is -1.09. The standard InChI is InChI=1S/C24H19BrN4O8S/c1-4-37-23(32)19-12(3)26-24-27(20(19)13-6-5-11(2)17(8-13)29(35)36)22(31)18(38-24)9-14-7-15(28(33)34)10-16(25)21(14)30/h5-10,20,30H,4H2,1-3H3/b18-9+/t20-/m1/s1. The summed E-state index contributed by atoms with van der Waals surface area (Å²) in [5, 5.41) is 33.4. The number of rotatable bonds is 6. The van der Waals surface area contributed by atoms with E-state index in [2.05, 4.69) is 20.9 Å². The van der Waals surface area contributed by atoms with E-state index < -0.39 is 27.4 Å². The van der Waals surface area contributed by atoms with Crippen molar-refractivity contribution in [2.45, 2.75) is 26.8 Å². The van der Waals surface area contributed by atoms with Crippen molar-refractivity contribution in [3.05, 3.63) is 103 Å². The van der Waals surface area contributed by atoms with Gasteiger partial charge >= 0.3 is 5.97 Å². The van der Waals surface area contributed by atoms with Gasteiger partial charge in [-0.3, -0.25) is 29.6 Å². The number of esters is 1. The van der Waals surface area contributed by atoms with E-state index in [9.17, 15) is 34.9 Å². The Hall–Kier alpha value is -4.17. The van der Waals surface area contributed by atoms with Gasteiger partial charge in [0.2, 0.25) is 0 Å². The van der Waals surface area contributed by atoms with Crippen LogP contribution in [-0.2, 0) is 9.53 Å². The van der Waals surface area contributed by atoms with Crippen molar-refractivity contribution in [2.75, 3.05) is 6.61 Å². The molecule has 0 bridgehead atoms. The maximum absolute atomic E-state index is 13.7. The number of hydrogen-bond acceptors (Lipinski definition) is 10. The summed E-state index contributed by atoms with van der Waals surface area (Å²) < 4.78 is 6.58. The summed E-state index contributed by atoms with van der Waals surface area (Å²) in [5.74, 6) is -1.04. The van der Waals surface area contributed by atoms with Crippen LogP contribution >= 0.6 is 27.3 Å². The molecular weight excluding hydrogens is 584 g/mol. The number of carbonyl (C=O) groups excluding carboxylic acids is 1. The van der Waals surface area contributed by atoms with E-state index in [0.29, 0.717) is 11.1 Å². The van der Waals surface area contributed by atoms with Gasteiger partial charge in [0.25, 0.3) is 16.9 Å². The summed E-state index contributed by atoms with van der Waals surface area (Å²) in [4.78, 5) is 53.0. The number of hydrogen-bond donors (Lipinski definition) is 1. The van der Waals surface area contributed by atoms with Gasteiger partial charge in [-0.05, 0) is 48.3 Å². The molecule has 1 aliphatic rings. The number of phenolic OH excluding ortho intramolecular Hbond substituents is 1. The number of nitrogens with zero attached hydrogens (tertiary/aromatic N) is 4. The van der Waals surface area contributed by atoms with Crippen LogP contribution in [0.15, 0.2) is 55.9 Å². The van der Waals surface area contributed by atoms with Crippen LogP contribution in [0.3, 0.4) is 0 Å². The number of non-ortho nitro benzene ring substituents is 1. The number of nitro groups is 2. The van der Waals surface area contributed by atoms with Gasteiger partial charge in [-0.2, -0.15) is 0 Å². The zero-order valence-corrected chi connectivity index (χ0v) is 22.5. The second-order valence-corrected chi connectivity index (χ2v) is 10.1. The van der Waals surface area contributed by atoms with Gasteiger partial charge in [-0.25, -0.2) is 9.79 Å². The van der Waals surface area contributed by atoms with Gasteiger partial charge in [0, 0.05) is 29.3 Å². The summed E-state index contributed by atoms with van der Waals surface area (Å²) in [5.41, 5.74) is -0.0776. The molecule has 0 amide bonds. The van der Waals surface area contributed by atoms with Crippen LogP contribution in [0.1, 0.15) is 36.6 Å². The fraction of sp³-hybridized carbons (Fsp3) is 0.208. The summed E-state index contributed by atoms with van der Waals surface area (Å²) >= 11 is 4.02. The molecule has 38 heavy (non-hydrogen) atoms. The first-order valence-corrected chi connectivity index (χ1v) is 12.7. The highest BCUT2D eigenvalue weighted by Crippen LogP contribution is 2.34. The topological polar surface area (TPSA) is 167 Å². The number of thiazole rings is 1. The van der Waals surface area contributed by atoms with Crippen molar-refractivity contribution >= 4 is 50.7 Å². The molecule has 0 unspecified atom stereocenters. The lowest BCUT2D eigenvalue weighted by atomic mass is 9.94. The van der Waals surface area contributed by atoms with Crippen LogP contribution in [0.2, 0.25) is 0 Å². The number of ether oxygens (including phenoxy) is 1. The number of aryl methyl sites for hydroxylation is 1. The number of nitro benzene ring substituents is 2. The van der Waals surface area contributed by atoms with Gasteiger partial charge < -0.3 is 9.84 Å². The van der Waals surface area contributed by atoms with Crippen LogP contribution in [0.4, 0.5) is 11.4 Å². The monoisotopic (exact) mass is 602 g/mol. The first-order valence-electron chi connectivity index (χ1n) is 11.1. The normalized spacial score (nSPS) is 15.2. The summed E-state index contributed by atoms with van der Waals surface area (Å²) in [6.07, 6.45) is 1.29. The molecule has 1 atom stereocenters. The molecule has 2 aromatic carbocycles. The molecular formula is C24H19BrN4O8S. The highest BCUT2D eigenvalue weighted by atomic mass is 79.9. The number of aromatic nitrogens is 1. The molecule has 14 heteroatoms. The molecule has 0 radical (unpaired) electrons. The van der Waals surface area contributed by atoms with E-state index in [0.717, 1.165) is 23.5 Å². The summed E-state index contributed by atoms with van der Waals surface area (Å²) in [6.45, 7) is 4.83. The van der Waals surface area contributed by atoms with Crippen LogP contribution < -0.4 is 14.9 Å². The highest BCUT2D eigenvalue weighted by Gasteiger charge is 2.34. The van der Waals surface area contributed by atoms with Crippen molar-refractivity contribution in [2.24, 2.45) is 4.99 Å². The molecule has 1 aromatic heterocycles. The minimum absolute atomic E-state index is 0.0141.